The molecule has 0 aromatic carbocycles. The number of carboxylic acids is 1. The highest BCUT2D eigenvalue weighted by Crippen LogP contribution is 2.43. The Hall–Kier alpha value is -0.570. The van der Waals surface area contributed by atoms with Crippen molar-refractivity contribution in [3.8, 4) is 0 Å². The van der Waals surface area contributed by atoms with E-state index in [0.29, 0.717) is 18.8 Å². The van der Waals surface area contributed by atoms with Gasteiger partial charge in [0.1, 0.15) is 0 Å². The molecule has 1 rings (SSSR count). The van der Waals surface area contributed by atoms with Crippen LogP contribution in [0.5, 0.6) is 0 Å². The molecule has 3 nitrogen and oxygen atoms in total. The molecular formula is C13H24O3. The highest BCUT2D eigenvalue weighted by Gasteiger charge is 2.43. The van der Waals surface area contributed by atoms with Crippen LogP contribution in [0.4, 0.5) is 0 Å². The zero-order valence-electron chi connectivity index (χ0n) is 10.8. The molecule has 0 aliphatic heterocycles. The van der Waals surface area contributed by atoms with Crippen molar-refractivity contribution in [3.05, 3.63) is 0 Å². The highest BCUT2D eigenvalue weighted by molar-refractivity contribution is 5.71. The van der Waals surface area contributed by atoms with E-state index >= 15 is 0 Å². The van der Waals surface area contributed by atoms with Crippen molar-refractivity contribution >= 4 is 5.97 Å². The summed E-state index contributed by atoms with van der Waals surface area (Å²) in [4.78, 5) is 10.9. The molecule has 1 unspecified atom stereocenters. The number of hydrogen-bond acceptors (Lipinski definition) is 2. The molecule has 2 N–H and O–H groups in total. The molecule has 1 fully saturated rings. The van der Waals surface area contributed by atoms with Crippen LogP contribution in [0.25, 0.3) is 0 Å². The van der Waals surface area contributed by atoms with Gasteiger partial charge in [0.05, 0.1) is 11.5 Å². The number of rotatable bonds is 2. The third kappa shape index (κ3) is 2.76. The Balaban J connectivity index is 2.63. The molecular weight excluding hydrogens is 204 g/mol. The van der Waals surface area contributed by atoms with Crippen LogP contribution in [0.1, 0.15) is 53.4 Å². The van der Waals surface area contributed by atoms with Crippen LogP contribution in [0, 0.1) is 17.3 Å². The Morgan fingerprint density at radius 3 is 2.06 bits per heavy atom. The van der Waals surface area contributed by atoms with E-state index in [-0.39, 0.29) is 5.41 Å². The van der Waals surface area contributed by atoms with Crippen molar-refractivity contribution in [2.45, 2.75) is 59.0 Å². The van der Waals surface area contributed by atoms with Crippen molar-refractivity contribution in [2.24, 2.45) is 17.3 Å². The summed E-state index contributed by atoms with van der Waals surface area (Å²) in [5, 5.41) is 19.3. The van der Waals surface area contributed by atoms with Crippen LogP contribution < -0.4 is 0 Å². The molecule has 16 heavy (non-hydrogen) atoms. The van der Waals surface area contributed by atoms with E-state index < -0.39 is 17.5 Å². The summed E-state index contributed by atoms with van der Waals surface area (Å²) in [6.45, 7) is 8.24. The monoisotopic (exact) mass is 228 g/mol. The lowest BCUT2D eigenvalue weighted by Gasteiger charge is -2.42. The predicted molar refractivity (Wildman–Crippen MR) is 63.2 cm³/mol. The molecule has 0 heterocycles. The van der Waals surface area contributed by atoms with E-state index in [0.717, 1.165) is 12.8 Å². The highest BCUT2D eigenvalue weighted by atomic mass is 16.4. The SMILES string of the molecule is CC(C(=O)O)C1(O)CCC(C(C)(C)C)CC1. The van der Waals surface area contributed by atoms with Gasteiger partial charge in [-0.25, -0.2) is 0 Å². The smallest absolute Gasteiger partial charge is 0.309 e. The zero-order chi connectivity index (χ0) is 12.6. The second-order valence-corrected chi connectivity index (χ2v) is 6.30. The molecule has 0 aromatic heterocycles. The van der Waals surface area contributed by atoms with Gasteiger partial charge >= 0.3 is 5.97 Å². The minimum atomic E-state index is -0.992. The van der Waals surface area contributed by atoms with Crippen LogP contribution >= 0.6 is 0 Å². The van der Waals surface area contributed by atoms with Crippen molar-refractivity contribution in [2.75, 3.05) is 0 Å². The molecule has 1 aliphatic rings. The van der Waals surface area contributed by atoms with Gasteiger partial charge in [0.2, 0.25) is 0 Å². The molecule has 0 spiro atoms. The quantitative estimate of drug-likeness (QED) is 0.764. The maximum absolute atomic E-state index is 10.9. The van der Waals surface area contributed by atoms with Gasteiger partial charge in [0.25, 0.3) is 0 Å². The first-order valence-corrected chi connectivity index (χ1v) is 6.12. The normalized spacial score (nSPS) is 33.4. The summed E-state index contributed by atoms with van der Waals surface area (Å²) in [6, 6.07) is 0. The van der Waals surface area contributed by atoms with E-state index in [9.17, 15) is 9.90 Å². The fraction of sp³-hybridized carbons (Fsp3) is 0.923. The Morgan fingerprint density at radius 2 is 1.75 bits per heavy atom. The summed E-state index contributed by atoms with van der Waals surface area (Å²) in [6.07, 6.45) is 3.08. The summed E-state index contributed by atoms with van der Waals surface area (Å²) in [7, 11) is 0. The fourth-order valence-corrected chi connectivity index (χ4v) is 2.65. The zero-order valence-corrected chi connectivity index (χ0v) is 10.8. The van der Waals surface area contributed by atoms with Gasteiger partial charge in [0, 0.05) is 0 Å². The van der Waals surface area contributed by atoms with Crippen LogP contribution in [-0.2, 0) is 4.79 Å². The van der Waals surface area contributed by atoms with E-state index in [2.05, 4.69) is 20.8 Å². The molecule has 1 saturated carbocycles. The fourth-order valence-electron chi connectivity index (χ4n) is 2.65. The molecule has 0 amide bonds. The Kier molecular flexibility index (Phi) is 3.68. The van der Waals surface area contributed by atoms with Crippen molar-refractivity contribution in [1.29, 1.82) is 0 Å². The van der Waals surface area contributed by atoms with E-state index in [1.807, 2.05) is 0 Å². The van der Waals surface area contributed by atoms with Gasteiger partial charge in [-0.1, -0.05) is 20.8 Å². The second kappa shape index (κ2) is 4.36. The summed E-state index contributed by atoms with van der Waals surface area (Å²) >= 11 is 0. The first-order valence-electron chi connectivity index (χ1n) is 6.12. The molecule has 1 aliphatic carbocycles. The molecule has 94 valence electrons. The van der Waals surface area contributed by atoms with Crippen molar-refractivity contribution < 1.29 is 15.0 Å². The molecule has 0 saturated heterocycles. The molecule has 0 aromatic rings. The number of aliphatic hydroxyl groups is 1. The van der Waals surface area contributed by atoms with E-state index in [1.54, 1.807) is 6.92 Å². The molecule has 0 radical (unpaired) electrons. The predicted octanol–water partition coefficient (Wildman–Crippen LogP) is 2.67. The van der Waals surface area contributed by atoms with Crippen LogP contribution in [0.2, 0.25) is 0 Å². The summed E-state index contributed by atoms with van der Waals surface area (Å²) in [5.41, 5.74) is -0.735. The number of carboxylic acid groups (broad SMARTS) is 1. The first kappa shape index (κ1) is 13.5. The molecule has 1 atom stereocenters. The maximum atomic E-state index is 10.9. The summed E-state index contributed by atoms with van der Waals surface area (Å²) < 4.78 is 0. The van der Waals surface area contributed by atoms with Crippen LogP contribution in [-0.4, -0.2) is 21.8 Å². The Labute approximate surface area is 97.9 Å². The van der Waals surface area contributed by atoms with Crippen LogP contribution in [0.15, 0.2) is 0 Å². The second-order valence-electron chi connectivity index (χ2n) is 6.30. The minimum Gasteiger partial charge on any atom is -0.481 e. The largest absolute Gasteiger partial charge is 0.481 e. The van der Waals surface area contributed by atoms with Crippen molar-refractivity contribution in [1.82, 2.24) is 0 Å². The van der Waals surface area contributed by atoms with Gasteiger partial charge < -0.3 is 10.2 Å². The lowest BCUT2D eigenvalue weighted by atomic mass is 9.66. The number of aliphatic carboxylic acids is 1. The van der Waals surface area contributed by atoms with Gasteiger partial charge in [-0.3, -0.25) is 4.79 Å². The Bertz CT molecular complexity index is 257. The van der Waals surface area contributed by atoms with Gasteiger partial charge in [0.15, 0.2) is 0 Å². The summed E-state index contributed by atoms with van der Waals surface area (Å²) in [5.74, 6) is -0.959. The number of hydrogen-bond donors (Lipinski definition) is 2. The third-order valence-electron chi connectivity index (χ3n) is 4.25. The lowest BCUT2D eigenvalue weighted by Crippen LogP contribution is -2.45. The average Bonchev–Trinajstić information content (AvgIpc) is 2.15. The van der Waals surface area contributed by atoms with E-state index in [4.69, 9.17) is 5.11 Å². The maximum Gasteiger partial charge on any atom is 0.309 e. The van der Waals surface area contributed by atoms with Gasteiger partial charge in [-0.05, 0) is 43.9 Å². The standard InChI is InChI=1S/C13H24O3/c1-9(11(14)15)13(16)7-5-10(6-8-13)12(2,3)4/h9-10,16H,5-8H2,1-4H3,(H,14,15). The van der Waals surface area contributed by atoms with Crippen LogP contribution in [0.3, 0.4) is 0 Å². The Morgan fingerprint density at radius 1 is 1.31 bits per heavy atom. The molecule has 0 bridgehead atoms. The van der Waals surface area contributed by atoms with Gasteiger partial charge in [-0.2, -0.15) is 0 Å². The third-order valence-corrected chi connectivity index (χ3v) is 4.25. The van der Waals surface area contributed by atoms with Crippen molar-refractivity contribution in [3.63, 3.8) is 0 Å². The number of carbonyl (C=O) groups is 1. The van der Waals surface area contributed by atoms with Gasteiger partial charge in [-0.15, -0.1) is 0 Å². The average molecular weight is 228 g/mol. The molecule has 3 heteroatoms. The topological polar surface area (TPSA) is 57.5 Å². The first-order chi connectivity index (χ1) is 7.17. The lowest BCUT2D eigenvalue weighted by molar-refractivity contribution is -0.154. The van der Waals surface area contributed by atoms with E-state index in [1.165, 1.54) is 0 Å². The minimum absolute atomic E-state index is 0.258.